The van der Waals surface area contributed by atoms with Crippen molar-refractivity contribution in [2.75, 3.05) is 44.6 Å². The van der Waals surface area contributed by atoms with E-state index in [4.69, 9.17) is 4.74 Å². The van der Waals surface area contributed by atoms with Crippen molar-refractivity contribution in [3.8, 4) is 0 Å². The van der Waals surface area contributed by atoms with Crippen molar-refractivity contribution in [2.45, 2.75) is 25.3 Å². The molecule has 0 aliphatic heterocycles. The summed E-state index contributed by atoms with van der Waals surface area (Å²) in [7, 11) is -6.24. The highest BCUT2D eigenvalue weighted by atomic mass is 32.2. The Hall–Kier alpha value is -1.65. The third-order valence-electron chi connectivity index (χ3n) is 3.54. The van der Waals surface area contributed by atoms with Crippen molar-refractivity contribution in [2.24, 2.45) is 4.99 Å². The molecule has 0 radical (unpaired) electrons. The molecule has 2 N–H and O–H groups in total. The zero-order valence-corrected chi connectivity index (χ0v) is 17.9. The minimum atomic E-state index is -3.23. The number of ether oxygens (including phenoxy) is 1. The van der Waals surface area contributed by atoms with E-state index >= 15 is 0 Å². The molecule has 0 fully saturated rings. The van der Waals surface area contributed by atoms with Crippen LogP contribution in [0.5, 0.6) is 0 Å². The van der Waals surface area contributed by atoms with Crippen molar-refractivity contribution in [1.29, 1.82) is 0 Å². The highest BCUT2D eigenvalue weighted by molar-refractivity contribution is 7.91. The molecular weight excluding hydrogens is 390 g/mol. The molecule has 0 heterocycles. The second-order valence-corrected chi connectivity index (χ2v) is 10.5. The summed E-state index contributed by atoms with van der Waals surface area (Å²) in [4.78, 5) is 4.79. The largest absolute Gasteiger partial charge is 0.379 e. The Labute approximate surface area is 162 Å². The van der Waals surface area contributed by atoms with Gasteiger partial charge in [-0.2, -0.15) is 0 Å². The van der Waals surface area contributed by atoms with Gasteiger partial charge in [0.25, 0.3) is 0 Å². The second kappa shape index (κ2) is 10.6. The Balaban J connectivity index is 2.57. The van der Waals surface area contributed by atoms with Gasteiger partial charge in [0.2, 0.25) is 0 Å². The minimum absolute atomic E-state index is 0.00395. The molecule has 0 aliphatic carbocycles. The lowest BCUT2D eigenvalue weighted by Gasteiger charge is -2.12. The van der Waals surface area contributed by atoms with Gasteiger partial charge >= 0.3 is 0 Å². The van der Waals surface area contributed by atoms with Crippen LogP contribution in [-0.4, -0.2) is 67.4 Å². The maximum Gasteiger partial charge on any atom is 0.191 e. The lowest BCUT2D eigenvalue weighted by atomic mass is 10.1. The van der Waals surface area contributed by atoms with Gasteiger partial charge in [-0.3, -0.25) is 0 Å². The Morgan fingerprint density at radius 3 is 2.37 bits per heavy atom. The Kier molecular flexibility index (Phi) is 9.20. The molecule has 1 aromatic carbocycles. The molecule has 0 saturated heterocycles. The third-order valence-corrected chi connectivity index (χ3v) is 5.71. The van der Waals surface area contributed by atoms with Gasteiger partial charge in [-0.25, -0.2) is 21.8 Å². The van der Waals surface area contributed by atoms with Crippen LogP contribution in [-0.2, 0) is 31.0 Å². The van der Waals surface area contributed by atoms with Crippen LogP contribution in [0.3, 0.4) is 0 Å². The first-order valence-electron chi connectivity index (χ1n) is 8.60. The zero-order valence-electron chi connectivity index (χ0n) is 16.3. The summed E-state index contributed by atoms with van der Waals surface area (Å²) in [5, 5.41) is 6.22. The molecule has 8 nitrogen and oxygen atoms in total. The topological polar surface area (TPSA) is 114 Å². The number of aryl methyl sites for hydroxylation is 1. The first kappa shape index (κ1) is 23.4. The summed E-state index contributed by atoms with van der Waals surface area (Å²) in [5.74, 6) is 0.610. The molecule has 0 saturated carbocycles. The molecule has 1 aromatic rings. The molecule has 10 heteroatoms. The van der Waals surface area contributed by atoms with Crippen LogP contribution in [0.15, 0.2) is 28.1 Å². The zero-order chi connectivity index (χ0) is 20.5. The number of hydrogen-bond acceptors (Lipinski definition) is 6. The van der Waals surface area contributed by atoms with Crippen molar-refractivity contribution in [3.63, 3.8) is 0 Å². The number of nitrogens with one attached hydrogen (secondary N) is 2. The van der Waals surface area contributed by atoms with Gasteiger partial charge in [0.15, 0.2) is 15.8 Å². The summed E-state index contributed by atoms with van der Waals surface area (Å²) in [6, 6.07) is 5.17. The quantitative estimate of drug-likeness (QED) is 0.323. The fourth-order valence-corrected chi connectivity index (χ4v) is 3.67. The van der Waals surface area contributed by atoms with Crippen LogP contribution in [0.25, 0.3) is 0 Å². The predicted molar refractivity (Wildman–Crippen MR) is 108 cm³/mol. The molecule has 0 atom stereocenters. The number of sulfone groups is 2. The second-order valence-electron chi connectivity index (χ2n) is 6.24. The molecular formula is C17H29N3O5S2. The number of benzene rings is 1. The molecule has 0 aliphatic rings. The fourth-order valence-electron chi connectivity index (χ4n) is 2.29. The van der Waals surface area contributed by atoms with E-state index in [1.54, 1.807) is 19.1 Å². The van der Waals surface area contributed by atoms with Gasteiger partial charge < -0.3 is 15.4 Å². The maximum absolute atomic E-state index is 11.7. The lowest BCUT2D eigenvalue weighted by molar-refractivity contribution is 0.154. The van der Waals surface area contributed by atoms with E-state index in [0.717, 1.165) is 5.56 Å². The molecule has 0 aromatic heterocycles. The van der Waals surface area contributed by atoms with E-state index in [1.165, 1.54) is 12.5 Å². The van der Waals surface area contributed by atoms with E-state index < -0.39 is 19.7 Å². The van der Waals surface area contributed by atoms with Crippen LogP contribution < -0.4 is 10.6 Å². The van der Waals surface area contributed by atoms with E-state index in [1.807, 2.05) is 13.0 Å². The first-order valence-corrected chi connectivity index (χ1v) is 12.6. The van der Waals surface area contributed by atoms with Crippen LogP contribution in [0.1, 0.15) is 18.1 Å². The van der Waals surface area contributed by atoms with Crippen molar-refractivity contribution >= 4 is 25.6 Å². The Morgan fingerprint density at radius 2 is 1.81 bits per heavy atom. The molecule has 1 rings (SSSR count). The minimum Gasteiger partial charge on any atom is -0.379 e. The van der Waals surface area contributed by atoms with Gasteiger partial charge in [-0.05, 0) is 31.0 Å². The number of aliphatic imine (C=N–C) groups is 1. The first-order chi connectivity index (χ1) is 12.5. The molecule has 0 spiro atoms. The van der Waals surface area contributed by atoms with E-state index in [2.05, 4.69) is 15.6 Å². The van der Waals surface area contributed by atoms with Crippen molar-refractivity contribution in [3.05, 3.63) is 29.3 Å². The van der Waals surface area contributed by atoms with Gasteiger partial charge in [0, 0.05) is 25.6 Å². The van der Waals surface area contributed by atoms with Gasteiger partial charge in [0.05, 0.1) is 30.4 Å². The molecule has 0 bridgehead atoms. The number of nitrogens with zero attached hydrogens (tertiary/aromatic N) is 1. The normalized spacial score (nSPS) is 12.8. The maximum atomic E-state index is 11.7. The van der Waals surface area contributed by atoms with Gasteiger partial charge in [-0.15, -0.1) is 0 Å². The van der Waals surface area contributed by atoms with Crippen molar-refractivity contribution in [1.82, 2.24) is 10.6 Å². The summed E-state index contributed by atoms with van der Waals surface area (Å²) < 4.78 is 50.7. The van der Waals surface area contributed by atoms with E-state index in [9.17, 15) is 16.8 Å². The average Bonchev–Trinajstić information content (AvgIpc) is 2.53. The predicted octanol–water partition coefficient (Wildman–Crippen LogP) is 0.515. The SMILES string of the molecule is CCNC(=NCc1ccc(S(C)(=O)=O)c(C)c1)NCCOCCS(C)(=O)=O. The van der Waals surface area contributed by atoms with E-state index in [-0.39, 0.29) is 12.4 Å². The van der Waals surface area contributed by atoms with Crippen LogP contribution in [0, 0.1) is 6.92 Å². The summed E-state index contributed by atoms with van der Waals surface area (Å²) in [6.07, 6.45) is 2.37. The standard InChI is InChI=1S/C17H29N3O5S2/c1-5-18-17(19-8-9-25-10-11-26(3,21)22)20-13-15-6-7-16(14(2)12-15)27(4,23)24/h6-7,12H,5,8-11,13H2,1-4H3,(H2,18,19,20). The van der Waals surface area contributed by atoms with Gasteiger partial charge in [0.1, 0.15) is 9.84 Å². The van der Waals surface area contributed by atoms with Crippen LogP contribution in [0.4, 0.5) is 0 Å². The van der Waals surface area contributed by atoms with Crippen molar-refractivity contribution < 1.29 is 21.6 Å². The monoisotopic (exact) mass is 419 g/mol. The summed E-state index contributed by atoms with van der Waals surface area (Å²) >= 11 is 0. The molecule has 27 heavy (non-hydrogen) atoms. The fraction of sp³-hybridized carbons (Fsp3) is 0.588. The molecule has 0 amide bonds. The van der Waals surface area contributed by atoms with Crippen LogP contribution in [0.2, 0.25) is 0 Å². The molecule has 154 valence electrons. The smallest absolute Gasteiger partial charge is 0.191 e. The lowest BCUT2D eigenvalue weighted by Crippen LogP contribution is -2.39. The average molecular weight is 420 g/mol. The number of hydrogen-bond donors (Lipinski definition) is 2. The highest BCUT2D eigenvalue weighted by Crippen LogP contribution is 2.17. The highest BCUT2D eigenvalue weighted by Gasteiger charge is 2.10. The van der Waals surface area contributed by atoms with Crippen LogP contribution >= 0.6 is 0 Å². The summed E-state index contributed by atoms with van der Waals surface area (Å²) in [5.41, 5.74) is 1.60. The van der Waals surface area contributed by atoms with Gasteiger partial charge in [-0.1, -0.05) is 12.1 Å². The molecule has 0 unspecified atom stereocenters. The number of guanidine groups is 1. The summed E-state index contributed by atoms with van der Waals surface area (Å²) in [6.45, 7) is 5.82. The number of rotatable bonds is 10. The Morgan fingerprint density at radius 1 is 1.11 bits per heavy atom. The Bertz CT molecular complexity index is 849. The third kappa shape index (κ3) is 9.73. The van der Waals surface area contributed by atoms with E-state index in [0.29, 0.717) is 42.7 Å².